The second kappa shape index (κ2) is 3.47. The van der Waals surface area contributed by atoms with Crippen molar-refractivity contribution >= 4 is 11.3 Å². The summed E-state index contributed by atoms with van der Waals surface area (Å²) in [7, 11) is 1.53. The van der Waals surface area contributed by atoms with Crippen molar-refractivity contribution in [1.82, 2.24) is 15.2 Å². The third-order valence-corrected chi connectivity index (χ3v) is 2.58. The number of rotatable bonds is 2. The average Bonchev–Trinajstić information content (AvgIpc) is 2.85. The summed E-state index contributed by atoms with van der Waals surface area (Å²) in [6.45, 7) is 0. The number of nitrogens with one attached hydrogen (secondary N) is 1. The lowest BCUT2D eigenvalue weighted by molar-refractivity contribution is 0.412. The molecule has 0 atom stereocenters. The van der Waals surface area contributed by atoms with Crippen LogP contribution in [0.25, 0.3) is 11.3 Å². The minimum Gasteiger partial charge on any atom is -0.473 e. The molecule has 5 nitrogen and oxygen atoms in total. The fourth-order valence-corrected chi connectivity index (χ4v) is 1.74. The van der Waals surface area contributed by atoms with Gasteiger partial charge in [-0.1, -0.05) is 11.3 Å². The zero-order valence-corrected chi connectivity index (χ0v) is 8.13. The van der Waals surface area contributed by atoms with Crippen LogP contribution in [0, 0.1) is 11.3 Å². The van der Waals surface area contributed by atoms with Gasteiger partial charge < -0.3 is 4.74 Å². The summed E-state index contributed by atoms with van der Waals surface area (Å²) in [4.78, 5) is 4.69. The number of hydrogen-bond acceptors (Lipinski definition) is 5. The van der Waals surface area contributed by atoms with Crippen LogP contribution in [-0.2, 0) is 0 Å². The molecule has 70 valence electrons. The smallest absolute Gasteiger partial charge is 0.274 e. The van der Waals surface area contributed by atoms with Gasteiger partial charge in [0.1, 0.15) is 16.6 Å². The number of hydrogen-bond donors (Lipinski definition) is 1. The monoisotopic (exact) mass is 206 g/mol. The van der Waals surface area contributed by atoms with Crippen LogP contribution >= 0.6 is 11.3 Å². The van der Waals surface area contributed by atoms with E-state index < -0.39 is 0 Å². The highest BCUT2D eigenvalue weighted by atomic mass is 32.1. The average molecular weight is 206 g/mol. The van der Waals surface area contributed by atoms with Gasteiger partial charge >= 0.3 is 0 Å². The molecule has 0 aliphatic carbocycles. The predicted octanol–water partition coefficient (Wildman–Crippen LogP) is 1.41. The third-order valence-electron chi connectivity index (χ3n) is 1.66. The fraction of sp³-hybridized carbons (Fsp3) is 0.125. The largest absolute Gasteiger partial charge is 0.473 e. The van der Waals surface area contributed by atoms with Gasteiger partial charge in [0.05, 0.1) is 13.3 Å². The van der Waals surface area contributed by atoms with E-state index in [-0.39, 0.29) is 0 Å². The second-order valence-corrected chi connectivity index (χ2v) is 3.42. The maximum Gasteiger partial charge on any atom is 0.274 e. The third kappa shape index (κ3) is 1.34. The summed E-state index contributed by atoms with van der Waals surface area (Å²) in [5, 5.41) is 15.8. The van der Waals surface area contributed by atoms with Crippen molar-refractivity contribution in [3.05, 3.63) is 17.3 Å². The molecule has 2 rings (SSSR count). The summed E-state index contributed by atoms with van der Waals surface area (Å²) >= 11 is 1.22. The van der Waals surface area contributed by atoms with Crippen LogP contribution in [0.4, 0.5) is 0 Å². The first-order valence-electron chi connectivity index (χ1n) is 3.79. The van der Waals surface area contributed by atoms with E-state index in [0.29, 0.717) is 15.8 Å². The van der Waals surface area contributed by atoms with E-state index in [2.05, 4.69) is 21.3 Å². The van der Waals surface area contributed by atoms with Crippen molar-refractivity contribution < 1.29 is 4.74 Å². The van der Waals surface area contributed by atoms with Crippen molar-refractivity contribution in [1.29, 1.82) is 5.26 Å². The summed E-state index contributed by atoms with van der Waals surface area (Å²) in [6, 6.07) is 2.07. The van der Waals surface area contributed by atoms with Gasteiger partial charge in [-0.15, -0.1) is 0 Å². The van der Waals surface area contributed by atoms with Crippen LogP contribution in [-0.4, -0.2) is 22.3 Å². The fourth-order valence-electron chi connectivity index (χ4n) is 1.04. The zero-order valence-electron chi connectivity index (χ0n) is 7.31. The summed E-state index contributed by atoms with van der Waals surface area (Å²) in [5.74, 6) is 0. The van der Waals surface area contributed by atoms with E-state index in [4.69, 9.17) is 10.00 Å². The molecule has 0 unspecified atom stereocenters. The minimum absolute atomic E-state index is 0.484. The molecule has 2 heterocycles. The Morgan fingerprint density at radius 1 is 1.64 bits per heavy atom. The van der Waals surface area contributed by atoms with E-state index in [1.807, 2.05) is 0 Å². The molecule has 6 heteroatoms. The molecule has 14 heavy (non-hydrogen) atoms. The van der Waals surface area contributed by atoms with Crippen molar-refractivity contribution in [2.75, 3.05) is 7.11 Å². The van der Waals surface area contributed by atoms with Gasteiger partial charge in [0.25, 0.3) is 5.19 Å². The lowest BCUT2D eigenvalue weighted by Gasteiger charge is -1.88. The number of aromatic amines is 1. The molecule has 0 spiro atoms. The number of nitriles is 1. The molecule has 2 aromatic rings. The van der Waals surface area contributed by atoms with Crippen LogP contribution in [0.2, 0.25) is 0 Å². The maximum absolute atomic E-state index is 8.86. The summed E-state index contributed by atoms with van der Waals surface area (Å²) in [6.07, 6.45) is 3.31. The Kier molecular flexibility index (Phi) is 2.16. The number of nitrogens with zero attached hydrogens (tertiary/aromatic N) is 3. The Bertz CT molecular complexity index is 468. The van der Waals surface area contributed by atoms with E-state index in [9.17, 15) is 0 Å². The molecule has 0 bridgehead atoms. The Labute approximate surface area is 84.0 Å². The first kappa shape index (κ1) is 8.72. The molecule has 0 saturated carbocycles. The maximum atomic E-state index is 8.86. The first-order chi connectivity index (χ1) is 6.85. The van der Waals surface area contributed by atoms with Crippen molar-refractivity contribution in [2.45, 2.75) is 0 Å². The van der Waals surface area contributed by atoms with Crippen molar-refractivity contribution in [3.63, 3.8) is 0 Å². The molecule has 0 fully saturated rings. The van der Waals surface area contributed by atoms with E-state index in [0.717, 1.165) is 5.56 Å². The Morgan fingerprint density at radius 3 is 3.07 bits per heavy atom. The molecule has 0 aliphatic rings. The SMILES string of the molecule is COc1nc(-c2cn[nH]c2)c(C#N)s1. The van der Waals surface area contributed by atoms with Crippen LogP contribution in [0.5, 0.6) is 5.19 Å². The van der Waals surface area contributed by atoms with E-state index in [1.54, 1.807) is 12.4 Å². The normalized spacial score (nSPS) is 9.71. The highest BCUT2D eigenvalue weighted by Crippen LogP contribution is 2.30. The molecule has 0 amide bonds. The van der Waals surface area contributed by atoms with Gasteiger partial charge in [0.15, 0.2) is 0 Å². The van der Waals surface area contributed by atoms with Crippen LogP contribution in [0.3, 0.4) is 0 Å². The van der Waals surface area contributed by atoms with E-state index in [1.165, 1.54) is 18.4 Å². The minimum atomic E-state index is 0.484. The molecule has 0 radical (unpaired) electrons. The molecule has 0 saturated heterocycles. The first-order valence-corrected chi connectivity index (χ1v) is 4.61. The number of ether oxygens (including phenoxy) is 1. The lowest BCUT2D eigenvalue weighted by Crippen LogP contribution is -1.81. The number of aromatic nitrogens is 3. The highest BCUT2D eigenvalue weighted by molar-refractivity contribution is 7.14. The standard InChI is InChI=1S/C8H6N4OS/c1-13-8-12-7(6(2-9)14-8)5-3-10-11-4-5/h3-4H,1H3,(H,10,11). The van der Waals surface area contributed by atoms with Crippen LogP contribution in [0.1, 0.15) is 4.88 Å². The van der Waals surface area contributed by atoms with Crippen molar-refractivity contribution in [3.8, 4) is 22.5 Å². The zero-order chi connectivity index (χ0) is 9.97. The van der Waals surface area contributed by atoms with Gasteiger partial charge in [-0.2, -0.15) is 10.4 Å². The number of H-pyrrole nitrogens is 1. The van der Waals surface area contributed by atoms with Gasteiger partial charge in [-0.25, -0.2) is 4.98 Å². The van der Waals surface area contributed by atoms with E-state index >= 15 is 0 Å². The molecular weight excluding hydrogens is 200 g/mol. The molecule has 2 aromatic heterocycles. The van der Waals surface area contributed by atoms with Gasteiger partial charge in [0.2, 0.25) is 0 Å². The Balaban J connectivity index is 2.53. The van der Waals surface area contributed by atoms with Crippen LogP contribution < -0.4 is 4.74 Å². The molecule has 0 aromatic carbocycles. The molecule has 1 N–H and O–H groups in total. The Hall–Kier alpha value is -1.87. The highest BCUT2D eigenvalue weighted by Gasteiger charge is 2.13. The topological polar surface area (TPSA) is 74.6 Å². The molecular formula is C8H6N4OS. The second-order valence-electron chi connectivity index (χ2n) is 2.46. The van der Waals surface area contributed by atoms with Gasteiger partial charge in [-0.3, -0.25) is 5.10 Å². The summed E-state index contributed by atoms with van der Waals surface area (Å²) < 4.78 is 4.96. The Morgan fingerprint density at radius 2 is 2.50 bits per heavy atom. The number of thiazole rings is 1. The predicted molar refractivity (Wildman–Crippen MR) is 51.0 cm³/mol. The van der Waals surface area contributed by atoms with Crippen molar-refractivity contribution in [2.24, 2.45) is 0 Å². The van der Waals surface area contributed by atoms with Gasteiger partial charge in [0, 0.05) is 11.8 Å². The molecule has 0 aliphatic heterocycles. The lowest BCUT2D eigenvalue weighted by atomic mass is 10.2. The summed E-state index contributed by atoms with van der Waals surface area (Å²) in [5.41, 5.74) is 1.41. The number of methoxy groups -OCH3 is 1. The van der Waals surface area contributed by atoms with Gasteiger partial charge in [-0.05, 0) is 0 Å². The van der Waals surface area contributed by atoms with Crippen LogP contribution in [0.15, 0.2) is 12.4 Å². The quantitative estimate of drug-likeness (QED) is 0.806.